The van der Waals surface area contributed by atoms with Crippen LogP contribution in [0.15, 0.2) is 18.3 Å². The van der Waals surface area contributed by atoms with Crippen molar-refractivity contribution in [1.29, 1.82) is 5.26 Å². The van der Waals surface area contributed by atoms with E-state index in [0.717, 1.165) is 4.68 Å². The lowest BCUT2D eigenvalue weighted by molar-refractivity contribution is 0.140. The number of nitrogens with zero attached hydrogens (tertiary/aromatic N) is 5. The normalized spacial score (nSPS) is 12.4. The van der Waals surface area contributed by atoms with Crippen LogP contribution >= 0.6 is 0 Å². The second kappa shape index (κ2) is 5.07. The number of pyridine rings is 1. The van der Waals surface area contributed by atoms with Crippen LogP contribution in [0.3, 0.4) is 0 Å². The lowest BCUT2D eigenvalue weighted by Crippen LogP contribution is -2.14. The molecule has 0 aliphatic heterocycles. The average molecular weight is 264 g/mol. The molecule has 0 spiro atoms. The molecule has 6 nitrogen and oxygen atoms in total. The molecule has 2 heterocycles. The van der Waals surface area contributed by atoms with Crippen molar-refractivity contribution in [2.75, 3.05) is 0 Å². The van der Waals surface area contributed by atoms with E-state index in [0.29, 0.717) is 5.56 Å². The Bertz CT molecular complexity index is 611. The fourth-order valence-electron chi connectivity index (χ4n) is 1.47. The molecule has 19 heavy (non-hydrogen) atoms. The van der Waals surface area contributed by atoms with Gasteiger partial charge in [-0.3, -0.25) is 0 Å². The average Bonchev–Trinajstić information content (AvgIpc) is 2.84. The van der Waals surface area contributed by atoms with Crippen LogP contribution in [0.5, 0.6) is 0 Å². The molecule has 98 valence electrons. The van der Waals surface area contributed by atoms with Gasteiger partial charge in [0, 0.05) is 6.20 Å². The van der Waals surface area contributed by atoms with E-state index in [1.54, 1.807) is 6.92 Å². The Hall–Kier alpha value is -2.40. The first kappa shape index (κ1) is 13.0. The van der Waals surface area contributed by atoms with Gasteiger partial charge in [-0.25, -0.2) is 18.7 Å². The molecule has 0 radical (unpaired) electrons. The molecule has 0 unspecified atom stereocenters. The third kappa shape index (κ3) is 2.56. The van der Waals surface area contributed by atoms with Gasteiger partial charge < -0.3 is 5.73 Å². The van der Waals surface area contributed by atoms with Crippen LogP contribution in [-0.4, -0.2) is 19.7 Å². The monoisotopic (exact) mass is 264 g/mol. The van der Waals surface area contributed by atoms with E-state index in [4.69, 9.17) is 11.0 Å². The molecule has 0 bridgehead atoms. The summed E-state index contributed by atoms with van der Waals surface area (Å²) in [5.41, 5.74) is 6.03. The number of halogens is 2. The SMILES string of the molecule is C[C@@H](N)c1nc(C(F)F)nn1-c1ccc(C#N)cn1. The van der Waals surface area contributed by atoms with Gasteiger partial charge in [-0.15, -0.1) is 5.10 Å². The van der Waals surface area contributed by atoms with Gasteiger partial charge >= 0.3 is 0 Å². The highest BCUT2D eigenvalue weighted by Gasteiger charge is 2.20. The van der Waals surface area contributed by atoms with Gasteiger partial charge in [-0.1, -0.05) is 0 Å². The fraction of sp³-hybridized carbons (Fsp3) is 0.273. The molecule has 0 aliphatic rings. The number of nitriles is 1. The Morgan fingerprint density at radius 2 is 2.16 bits per heavy atom. The summed E-state index contributed by atoms with van der Waals surface area (Å²) in [6.45, 7) is 1.61. The minimum Gasteiger partial charge on any atom is -0.322 e. The molecule has 8 heteroatoms. The third-order valence-corrected chi connectivity index (χ3v) is 2.34. The number of aromatic nitrogens is 4. The zero-order chi connectivity index (χ0) is 14.0. The van der Waals surface area contributed by atoms with Crippen LogP contribution in [0, 0.1) is 11.3 Å². The Kier molecular flexibility index (Phi) is 3.48. The molecule has 2 aromatic heterocycles. The minimum atomic E-state index is -2.78. The molecule has 0 fully saturated rings. The number of hydrogen-bond donors (Lipinski definition) is 1. The highest BCUT2D eigenvalue weighted by atomic mass is 19.3. The predicted molar refractivity (Wildman–Crippen MR) is 61.4 cm³/mol. The van der Waals surface area contributed by atoms with E-state index in [9.17, 15) is 8.78 Å². The molecule has 0 aromatic carbocycles. The van der Waals surface area contributed by atoms with Crippen LogP contribution in [0.4, 0.5) is 8.78 Å². The first-order valence-corrected chi connectivity index (χ1v) is 5.40. The van der Waals surface area contributed by atoms with Crippen LogP contribution in [-0.2, 0) is 0 Å². The van der Waals surface area contributed by atoms with Gasteiger partial charge in [0.25, 0.3) is 6.43 Å². The quantitative estimate of drug-likeness (QED) is 0.906. The minimum absolute atomic E-state index is 0.188. The maximum Gasteiger partial charge on any atom is 0.299 e. The van der Waals surface area contributed by atoms with E-state index in [1.165, 1.54) is 18.3 Å². The summed E-state index contributed by atoms with van der Waals surface area (Å²) in [5, 5.41) is 12.4. The summed E-state index contributed by atoms with van der Waals surface area (Å²) in [6.07, 6.45) is -1.46. The lowest BCUT2D eigenvalue weighted by Gasteiger charge is -2.06. The van der Waals surface area contributed by atoms with Crippen molar-refractivity contribution in [1.82, 2.24) is 19.7 Å². The van der Waals surface area contributed by atoms with Crippen molar-refractivity contribution >= 4 is 0 Å². The van der Waals surface area contributed by atoms with Crippen molar-refractivity contribution < 1.29 is 8.78 Å². The van der Waals surface area contributed by atoms with E-state index in [-0.39, 0.29) is 11.6 Å². The summed E-state index contributed by atoms with van der Waals surface area (Å²) in [5.74, 6) is -0.128. The Morgan fingerprint density at radius 3 is 2.63 bits per heavy atom. The number of alkyl halides is 2. The second-order valence-electron chi connectivity index (χ2n) is 3.85. The van der Waals surface area contributed by atoms with Crippen molar-refractivity contribution in [2.24, 2.45) is 5.73 Å². The van der Waals surface area contributed by atoms with Gasteiger partial charge in [0.2, 0.25) is 5.82 Å². The maximum atomic E-state index is 12.6. The molecular formula is C11H10F2N6. The highest BCUT2D eigenvalue weighted by Crippen LogP contribution is 2.19. The summed E-state index contributed by atoms with van der Waals surface area (Å²) in [6, 6.07) is 4.35. The molecule has 2 aromatic rings. The summed E-state index contributed by atoms with van der Waals surface area (Å²) >= 11 is 0. The smallest absolute Gasteiger partial charge is 0.299 e. The first-order chi connectivity index (χ1) is 9.02. The molecule has 2 rings (SSSR count). The summed E-state index contributed by atoms with van der Waals surface area (Å²) in [7, 11) is 0. The predicted octanol–water partition coefficient (Wildman–Crippen LogP) is 1.49. The molecule has 0 aliphatic carbocycles. The standard InChI is InChI=1S/C11H10F2N6/c1-6(15)11-17-10(9(12)13)18-19(11)8-3-2-7(4-14)5-16-8/h2-3,5-6,9H,15H2,1H3/t6-/m1/s1. The molecule has 0 saturated carbocycles. The highest BCUT2D eigenvalue weighted by molar-refractivity contribution is 5.32. The van der Waals surface area contributed by atoms with Crippen LogP contribution in [0.2, 0.25) is 0 Å². The zero-order valence-electron chi connectivity index (χ0n) is 9.96. The molecule has 0 amide bonds. The van der Waals surface area contributed by atoms with Crippen LogP contribution in [0.25, 0.3) is 5.82 Å². The number of rotatable bonds is 3. The van der Waals surface area contributed by atoms with E-state index in [2.05, 4.69) is 15.1 Å². The van der Waals surface area contributed by atoms with Crippen LogP contribution in [0.1, 0.15) is 36.6 Å². The third-order valence-electron chi connectivity index (χ3n) is 2.34. The van der Waals surface area contributed by atoms with E-state index < -0.39 is 18.3 Å². The number of nitrogens with two attached hydrogens (primary N) is 1. The van der Waals surface area contributed by atoms with Crippen molar-refractivity contribution in [3.8, 4) is 11.9 Å². The van der Waals surface area contributed by atoms with Gasteiger partial charge in [-0.2, -0.15) is 9.94 Å². The summed E-state index contributed by atoms with van der Waals surface area (Å²) in [4.78, 5) is 7.67. The van der Waals surface area contributed by atoms with Crippen molar-refractivity contribution in [2.45, 2.75) is 19.4 Å². The largest absolute Gasteiger partial charge is 0.322 e. The first-order valence-electron chi connectivity index (χ1n) is 5.40. The molecular weight excluding hydrogens is 254 g/mol. The topological polar surface area (TPSA) is 93.4 Å². The summed E-state index contributed by atoms with van der Waals surface area (Å²) < 4.78 is 26.4. The lowest BCUT2D eigenvalue weighted by atomic mass is 10.3. The Labute approximate surface area is 107 Å². The van der Waals surface area contributed by atoms with Gasteiger partial charge in [0.1, 0.15) is 6.07 Å². The van der Waals surface area contributed by atoms with Crippen LogP contribution < -0.4 is 5.73 Å². The van der Waals surface area contributed by atoms with Crippen molar-refractivity contribution in [3.05, 3.63) is 35.5 Å². The number of hydrogen-bond acceptors (Lipinski definition) is 5. The zero-order valence-corrected chi connectivity index (χ0v) is 9.96. The van der Waals surface area contributed by atoms with Gasteiger partial charge in [0.05, 0.1) is 11.6 Å². The van der Waals surface area contributed by atoms with E-state index >= 15 is 0 Å². The fourth-order valence-corrected chi connectivity index (χ4v) is 1.47. The second-order valence-corrected chi connectivity index (χ2v) is 3.85. The Balaban J connectivity index is 2.50. The Morgan fingerprint density at radius 1 is 1.42 bits per heavy atom. The maximum absolute atomic E-state index is 12.6. The molecule has 2 N–H and O–H groups in total. The van der Waals surface area contributed by atoms with Gasteiger partial charge in [0.15, 0.2) is 11.6 Å². The molecule has 0 saturated heterocycles. The van der Waals surface area contributed by atoms with Gasteiger partial charge in [-0.05, 0) is 19.1 Å². The molecule has 1 atom stereocenters. The van der Waals surface area contributed by atoms with Crippen molar-refractivity contribution in [3.63, 3.8) is 0 Å². The van der Waals surface area contributed by atoms with E-state index in [1.807, 2.05) is 6.07 Å².